The number of hydrogen-bond donors (Lipinski definition) is 3. The van der Waals surface area contributed by atoms with Gasteiger partial charge in [0.1, 0.15) is 11.6 Å². The van der Waals surface area contributed by atoms with Gasteiger partial charge in [-0.25, -0.2) is 13.6 Å². The fourth-order valence-corrected chi connectivity index (χ4v) is 1.74. The molecule has 6 heteroatoms. The van der Waals surface area contributed by atoms with E-state index in [1.54, 1.807) is 24.3 Å². The first-order valence-corrected chi connectivity index (χ1v) is 5.89. The van der Waals surface area contributed by atoms with Crippen LogP contribution in [0.2, 0.25) is 0 Å². The summed E-state index contributed by atoms with van der Waals surface area (Å²) >= 11 is 0. The van der Waals surface area contributed by atoms with Crippen molar-refractivity contribution in [1.82, 2.24) is 0 Å². The molecule has 0 radical (unpaired) electrons. The SMILES string of the molecule is NC(=O)Nc1cccc(NCc2c(F)cccc2F)c1. The zero-order chi connectivity index (χ0) is 14.5. The number of carbonyl (C=O) groups is 1. The Morgan fingerprint density at radius 1 is 1.05 bits per heavy atom. The molecule has 0 aliphatic heterocycles. The number of urea groups is 1. The molecular formula is C14H13F2N3O. The van der Waals surface area contributed by atoms with Gasteiger partial charge in [-0.15, -0.1) is 0 Å². The zero-order valence-corrected chi connectivity index (χ0v) is 10.5. The second-order valence-corrected chi connectivity index (χ2v) is 4.12. The van der Waals surface area contributed by atoms with Crippen molar-refractivity contribution in [3.8, 4) is 0 Å². The van der Waals surface area contributed by atoms with Gasteiger partial charge in [-0.1, -0.05) is 12.1 Å². The van der Waals surface area contributed by atoms with Crippen LogP contribution in [0.1, 0.15) is 5.56 Å². The van der Waals surface area contributed by atoms with Crippen molar-refractivity contribution in [2.75, 3.05) is 10.6 Å². The largest absolute Gasteiger partial charge is 0.381 e. The van der Waals surface area contributed by atoms with Gasteiger partial charge in [-0.05, 0) is 30.3 Å². The molecule has 2 aromatic carbocycles. The molecule has 4 N–H and O–H groups in total. The van der Waals surface area contributed by atoms with Crippen LogP contribution in [0.4, 0.5) is 25.0 Å². The summed E-state index contributed by atoms with van der Waals surface area (Å²) in [6, 6.07) is 9.70. The van der Waals surface area contributed by atoms with E-state index in [1.807, 2.05) is 0 Å². The highest BCUT2D eigenvalue weighted by Crippen LogP contribution is 2.18. The first-order valence-electron chi connectivity index (χ1n) is 5.89. The van der Waals surface area contributed by atoms with E-state index in [-0.39, 0.29) is 12.1 Å². The van der Waals surface area contributed by atoms with Gasteiger partial charge in [0.25, 0.3) is 0 Å². The lowest BCUT2D eigenvalue weighted by Crippen LogP contribution is -2.19. The summed E-state index contributed by atoms with van der Waals surface area (Å²) in [6.07, 6.45) is 0. The Balaban J connectivity index is 2.09. The number of nitrogens with one attached hydrogen (secondary N) is 2. The van der Waals surface area contributed by atoms with Crippen LogP contribution in [-0.4, -0.2) is 6.03 Å². The van der Waals surface area contributed by atoms with E-state index in [9.17, 15) is 13.6 Å². The molecule has 0 aliphatic rings. The molecular weight excluding hydrogens is 264 g/mol. The summed E-state index contributed by atoms with van der Waals surface area (Å²) in [4.78, 5) is 10.7. The van der Waals surface area contributed by atoms with Crippen molar-refractivity contribution < 1.29 is 13.6 Å². The minimum absolute atomic E-state index is 0.00146. The number of nitrogens with two attached hydrogens (primary N) is 1. The van der Waals surface area contributed by atoms with E-state index in [2.05, 4.69) is 10.6 Å². The molecule has 0 heterocycles. The molecule has 0 fully saturated rings. The number of rotatable bonds is 4. The van der Waals surface area contributed by atoms with Crippen molar-refractivity contribution in [1.29, 1.82) is 0 Å². The summed E-state index contributed by atoms with van der Waals surface area (Å²) in [5, 5.41) is 5.30. The lowest BCUT2D eigenvalue weighted by Gasteiger charge is -2.10. The highest BCUT2D eigenvalue weighted by molar-refractivity contribution is 5.88. The summed E-state index contributed by atoms with van der Waals surface area (Å²) in [6.45, 7) is -0.00146. The standard InChI is InChI=1S/C14H13F2N3O/c15-12-5-2-6-13(16)11(12)8-18-9-3-1-4-10(7-9)19-14(17)20/h1-7,18H,8H2,(H3,17,19,20). The van der Waals surface area contributed by atoms with Gasteiger partial charge < -0.3 is 16.4 Å². The molecule has 0 bridgehead atoms. The first-order chi connectivity index (χ1) is 9.56. The highest BCUT2D eigenvalue weighted by Gasteiger charge is 2.07. The van der Waals surface area contributed by atoms with Crippen molar-refractivity contribution in [2.24, 2.45) is 5.73 Å². The normalized spacial score (nSPS) is 10.1. The number of anilines is 2. The van der Waals surface area contributed by atoms with Crippen molar-refractivity contribution in [3.63, 3.8) is 0 Å². The van der Waals surface area contributed by atoms with Crippen molar-refractivity contribution in [2.45, 2.75) is 6.54 Å². The molecule has 0 saturated carbocycles. The van der Waals surface area contributed by atoms with E-state index in [0.717, 1.165) is 0 Å². The third-order valence-electron chi connectivity index (χ3n) is 2.66. The lowest BCUT2D eigenvalue weighted by molar-refractivity contribution is 0.259. The molecule has 0 unspecified atom stereocenters. The third-order valence-corrected chi connectivity index (χ3v) is 2.66. The Bertz CT molecular complexity index is 611. The Morgan fingerprint density at radius 2 is 1.65 bits per heavy atom. The minimum Gasteiger partial charge on any atom is -0.381 e. The van der Waals surface area contributed by atoms with Crippen LogP contribution in [0.3, 0.4) is 0 Å². The summed E-state index contributed by atoms with van der Waals surface area (Å²) in [7, 11) is 0. The maximum Gasteiger partial charge on any atom is 0.316 e. The van der Waals surface area contributed by atoms with E-state index in [0.29, 0.717) is 11.4 Å². The summed E-state index contributed by atoms with van der Waals surface area (Å²) in [5.41, 5.74) is 6.08. The second-order valence-electron chi connectivity index (χ2n) is 4.12. The van der Waals surface area contributed by atoms with Crippen LogP contribution in [-0.2, 0) is 6.54 Å². The number of amides is 2. The average Bonchev–Trinajstić information content (AvgIpc) is 2.38. The number of primary amides is 1. The number of benzene rings is 2. The Hall–Kier alpha value is -2.63. The Labute approximate surface area is 114 Å². The molecule has 0 spiro atoms. The van der Waals surface area contributed by atoms with Gasteiger partial charge in [0.15, 0.2) is 0 Å². The molecule has 2 rings (SSSR count). The van der Waals surface area contributed by atoms with Gasteiger partial charge >= 0.3 is 6.03 Å². The predicted octanol–water partition coefficient (Wildman–Crippen LogP) is 3.07. The van der Waals surface area contributed by atoms with Gasteiger partial charge in [0.2, 0.25) is 0 Å². The van der Waals surface area contributed by atoms with Gasteiger partial charge in [-0.2, -0.15) is 0 Å². The molecule has 0 saturated heterocycles. The van der Waals surface area contributed by atoms with Gasteiger partial charge in [-0.3, -0.25) is 0 Å². The molecule has 0 atom stereocenters. The first kappa shape index (κ1) is 13.8. The highest BCUT2D eigenvalue weighted by atomic mass is 19.1. The zero-order valence-electron chi connectivity index (χ0n) is 10.5. The fraction of sp³-hybridized carbons (Fsp3) is 0.0714. The molecule has 0 aromatic heterocycles. The summed E-state index contributed by atoms with van der Waals surface area (Å²) in [5.74, 6) is -1.21. The van der Waals surface area contributed by atoms with Crippen LogP contribution in [0.5, 0.6) is 0 Å². The number of hydrogen-bond acceptors (Lipinski definition) is 2. The van der Waals surface area contributed by atoms with E-state index in [1.165, 1.54) is 18.2 Å². The fourth-order valence-electron chi connectivity index (χ4n) is 1.74. The smallest absolute Gasteiger partial charge is 0.316 e. The van der Waals surface area contributed by atoms with Crippen LogP contribution in [0.25, 0.3) is 0 Å². The van der Waals surface area contributed by atoms with E-state index < -0.39 is 17.7 Å². The Kier molecular flexibility index (Phi) is 4.14. The van der Waals surface area contributed by atoms with Crippen LogP contribution in [0.15, 0.2) is 42.5 Å². The predicted molar refractivity (Wildman–Crippen MR) is 73.3 cm³/mol. The van der Waals surface area contributed by atoms with Crippen LogP contribution in [0, 0.1) is 11.6 Å². The second kappa shape index (κ2) is 6.01. The van der Waals surface area contributed by atoms with Crippen molar-refractivity contribution in [3.05, 3.63) is 59.7 Å². The average molecular weight is 277 g/mol. The number of carbonyl (C=O) groups excluding carboxylic acids is 1. The van der Waals surface area contributed by atoms with Crippen LogP contribution < -0.4 is 16.4 Å². The monoisotopic (exact) mass is 277 g/mol. The molecule has 0 aliphatic carbocycles. The van der Waals surface area contributed by atoms with Crippen molar-refractivity contribution >= 4 is 17.4 Å². The lowest BCUT2D eigenvalue weighted by atomic mass is 10.2. The molecule has 20 heavy (non-hydrogen) atoms. The maximum atomic E-state index is 13.5. The molecule has 2 aromatic rings. The van der Waals surface area contributed by atoms with Gasteiger partial charge in [0, 0.05) is 23.5 Å². The topological polar surface area (TPSA) is 67.2 Å². The summed E-state index contributed by atoms with van der Waals surface area (Å²) < 4.78 is 26.9. The quantitative estimate of drug-likeness (QED) is 0.804. The number of halogens is 2. The molecule has 4 nitrogen and oxygen atoms in total. The third kappa shape index (κ3) is 3.44. The Morgan fingerprint density at radius 3 is 2.30 bits per heavy atom. The molecule has 2 amide bonds. The van der Waals surface area contributed by atoms with E-state index in [4.69, 9.17) is 5.73 Å². The van der Waals surface area contributed by atoms with Gasteiger partial charge in [0.05, 0.1) is 0 Å². The van der Waals surface area contributed by atoms with E-state index >= 15 is 0 Å². The molecule has 104 valence electrons. The maximum absolute atomic E-state index is 13.5. The minimum atomic E-state index is -0.678. The van der Waals surface area contributed by atoms with Crippen LogP contribution >= 0.6 is 0 Å².